The van der Waals surface area contributed by atoms with Gasteiger partial charge < -0.3 is 15.1 Å². The molecule has 0 radical (unpaired) electrons. The molecule has 2 heterocycles. The average Bonchev–Trinajstić information content (AvgIpc) is 2.43. The zero-order valence-electron chi connectivity index (χ0n) is 10.8. The highest BCUT2D eigenvalue weighted by molar-refractivity contribution is 6.00. The van der Waals surface area contributed by atoms with E-state index in [1.165, 1.54) is 10.6 Å². The largest absolute Gasteiger partial charge is 0.507 e. The minimum atomic E-state index is -0.370. The van der Waals surface area contributed by atoms with Crippen LogP contribution in [0, 0.1) is 5.41 Å². The third-order valence-corrected chi connectivity index (χ3v) is 3.02. The van der Waals surface area contributed by atoms with Crippen molar-refractivity contribution >= 4 is 5.71 Å². The lowest BCUT2D eigenvalue weighted by Crippen LogP contribution is -2.25. The maximum Gasteiger partial charge on any atom is 0.263 e. The average molecular weight is 257 g/mol. The third kappa shape index (κ3) is 2.27. The first kappa shape index (κ1) is 13.0. The van der Waals surface area contributed by atoms with Crippen molar-refractivity contribution in [2.75, 3.05) is 0 Å². The van der Waals surface area contributed by atoms with Crippen molar-refractivity contribution in [2.45, 2.75) is 13.3 Å². The van der Waals surface area contributed by atoms with Crippen molar-refractivity contribution in [1.82, 2.24) is 9.55 Å². The van der Waals surface area contributed by atoms with Crippen LogP contribution in [0.5, 0.6) is 5.75 Å². The second-order valence-corrected chi connectivity index (χ2v) is 4.23. The molecule has 2 aromatic heterocycles. The number of nitrogens with zero attached hydrogens (tertiary/aromatic N) is 2. The Morgan fingerprint density at radius 1 is 1.53 bits per heavy atom. The Balaban J connectivity index is 2.69. The normalized spacial score (nSPS) is 10.4. The zero-order valence-corrected chi connectivity index (χ0v) is 10.8. The number of rotatable bonds is 3. The molecule has 0 aliphatic carbocycles. The predicted octanol–water partition coefficient (Wildman–Crippen LogP) is 1.93. The van der Waals surface area contributed by atoms with Crippen molar-refractivity contribution in [3.63, 3.8) is 0 Å². The van der Waals surface area contributed by atoms with Crippen molar-refractivity contribution in [2.24, 2.45) is 7.05 Å². The van der Waals surface area contributed by atoms with Crippen molar-refractivity contribution < 1.29 is 5.11 Å². The molecule has 5 heteroatoms. The molecule has 0 atom stereocenters. The smallest absolute Gasteiger partial charge is 0.263 e. The minimum Gasteiger partial charge on any atom is -0.507 e. The highest BCUT2D eigenvalue weighted by Crippen LogP contribution is 2.23. The van der Waals surface area contributed by atoms with Crippen LogP contribution in [0.15, 0.2) is 35.4 Å². The number of hydrogen-bond donors (Lipinski definition) is 2. The van der Waals surface area contributed by atoms with Crippen LogP contribution in [0.25, 0.3) is 11.3 Å². The molecule has 0 aliphatic heterocycles. The molecule has 0 fully saturated rings. The van der Waals surface area contributed by atoms with E-state index in [2.05, 4.69) is 4.98 Å². The van der Waals surface area contributed by atoms with Crippen LogP contribution in [0.4, 0.5) is 0 Å². The summed E-state index contributed by atoms with van der Waals surface area (Å²) >= 11 is 0. The van der Waals surface area contributed by atoms with Gasteiger partial charge in [-0.1, -0.05) is 6.92 Å². The number of aromatic hydroxyl groups is 1. The molecule has 19 heavy (non-hydrogen) atoms. The summed E-state index contributed by atoms with van der Waals surface area (Å²) in [5.74, 6) is -0.159. The van der Waals surface area contributed by atoms with Gasteiger partial charge in [-0.2, -0.15) is 0 Å². The van der Waals surface area contributed by atoms with Gasteiger partial charge in [0.15, 0.2) is 0 Å². The van der Waals surface area contributed by atoms with Gasteiger partial charge in [-0.05, 0) is 18.6 Å². The van der Waals surface area contributed by atoms with E-state index in [1.54, 1.807) is 32.4 Å². The summed E-state index contributed by atoms with van der Waals surface area (Å²) in [6.07, 6.45) is 3.66. The zero-order chi connectivity index (χ0) is 14.0. The molecule has 0 saturated heterocycles. The van der Waals surface area contributed by atoms with Crippen LogP contribution < -0.4 is 5.56 Å². The molecular weight excluding hydrogens is 242 g/mol. The number of hydrogen-bond acceptors (Lipinski definition) is 4. The SMILES string of the molecule is CCC(=N)c1c(O)cc(-c2cccnc2)n(C)c1=O. The van der Waals surface area contributed by atoms with Crippen LogP contribution in [0.3, 0.4) is 0 Å². The fourth-order valence-electron chi connectivity index (χ4n) is 1.94. The van der Waals surface area contributed by atoms with E-state index < -0.39 is 0 Å². The Hall–Kier alpha value is -2.43. The van der Waals surface area contributed by atoms with Crippen LogP contribution in [0.2, 0.25) is 0 Å². The number of pyridine rings is 2. The van der Waals surface area contributed by atoms with Gasteiger partial charge >= 0.3 is 0 Å². The quantitative estimate of drug-likeness (QED) is 0.824. The summed E-state index contributed by atoms with van der Waals surface area (Å²) in [6.45, 7) is 1.77. The topological polar surface area (TPSA) is 79.0 Å². The van der Waals surface area contributed by atoms with E-state index >= 15 is 0 Å². The molecule has 0 amide bonds. The molecule has 2 aromatic rings. The maximum absolute atomic E-state index is 12.2. The van der Waals surface area contributed by atoms with E-state index in [-0.39, 0.29) is 22.6 Å². The number of aromatic nitrogens is 2. The summed E-state index contributed by atoms with van der Waals surface area (Å²) in [7, 11) is 1.62. The molecule has 98 valence electrons. The van der Waals surface area contributed by atoms with Gasteiger partial charge in [0.05, 0.1) is 5.69 Å². The van der Waals surface area contributed by atoms with Gasteiger partial charge in [-0.15, -0.1) is 0 Å². The summed E-state index contributed by atoms with van der Waals surface area (Å²) in [5, 5.41) is 17.7. The molecule has 2 N–H and O–H groups in total. The molecule has 0 unspecified atom stereocenters. The molecule has 2 rings (SSSR count). The number of nitrogens with one attached hydrogen (secondary N) is 1. The molecule has 0 aliphatic rings. The van der Waals surface area contributed by atoms with E-state index in [4.69, 9.17) is 5.41 Å². The van der Waals surface area contributed by atoms with E-state index in [9.17, 15) is 9.90 Å². The standard InChI is InChI=1S/C14H15N3O2/c1-3-10(15)13-12(18)7-11(17(2)14(13)19)9-5-4-6-16-8-9/h4-8,15,18H,3H2,1-2H3. The Bertz CT molecular complexity index is 675. The van der Waals surface area contributed by atoms with E-state index in [0.29, 0.717) is 12.1 Å². The fraction of sp³-hybridized carbons (Fsp3) is 0.214. The lowest BCUT2D eigenvalue weighted by molar-refractivity contribution is 0.471. The molecular formula is C14H15N3O2. The molecule has 0 spiro atoms. The maximum atomic E-state index is 12.2. The van der Waals surface area contributed by atoms with Crippen molar-refractivity contribution in [1.29, 1.82) is 5.41 Å². The summed E-state index contributed by atoms with van der Waals surface area (Å²) < 4.78 is 1.43. The first-order valence-corrected chi connectivity index (χ1v) is 5.97. The lowest BCUT2D eigenvalue weighted by atomic mass is 10.1. The monoisotopic (exact) mass is 257 g/mol. The fourth-order valence-corrected chi connectivity index (χ4v) is 1.94. The van der Waals surface area contributed by atoms with Crippen LogP contribution in [-0.4, -0.2) is 20.4 Å². The molecule has 5 nitrogen and oxygen atoms in total. The first-order valence-electron chi connectivity index (χ1n) is 5.97. The van der Waals surface area contributed by atoms with Crippen molar-refractivity contribution in [3.05, 3.63) is 46.5 Å². The van der Waals surface area contributed by atoms with Crippen LogP contribution in [-0.2, 0) is 7.05 Å². The third-order valence-electron chi connectivity index (χ3n) is 3.02. The van der Waals surface area contributed by atoms with Gasteiger partial charge in [0.2, 0.25) is 0 Å². The highest BCUT2D eigenvalue weighted by Gasteiger charge is 2.16. The predicted molar refractivity (Wildman–Crippen MR) is 73.7 cm³/mol. The van der Waals surface area contributed by atoms with Gasteiger partial charge in [0.25, 0.3) is 5.56 Å². The second-order valence-electron chi connectivity index (χ2n) is 4.23. The molecule has 0 aromatic carbocycles. The second kappa shape index (κ2) is 5.06. The van der Waals surface area contributed by atoms with E-state index in [0.717, 1.165) is 5.56 Å². The lowest BCUT2D eigenvalue weighted by Gasteiger charge is -2.12. The van der Waals surface area contributed by atoms with Gasteiger partial charge in [0.1, 0.15) is 11.3 Å². The van der Waals surface area contributed by atoms with Crippen LogP contribution in [0.1, 0.15) is 18.9 Å². The highest BCUT2D eigenvalue weighted by atomic mass is 16.3. The Morgan fingerprint density at radius 2 is 2.26 bits per heavy atom. The van der Waals surface area contributed by atoms with Gasteiger partial charge in [-0.3, -0.25) is 9.78 Å². The Kier molecular flexibility index (Phi) is 3.46. The summed E-state index contributed by atoms with van der Waals surface area (Å²) in [6, 6.07) is 5.07. The Labute approximate surface area is 110 Å². The summed E-state index contributed by atoms with van der Waals surface area (Å²) in [4.78, 5) is 16.2. The summed E-state index contributed by atoms with van der Waals surface area (Å²) in [5.41, 5.74) is 1.15. The van der Waals surface area contributed by atoms with E-state index in [1.807, 2.05) is 6.07 Å². The first-order chi connectivity index (χ1) is 9.06. The van der Waals surface area contributed by atoms with Crippen LogP contribution >= 0.6 is 0 Å². The molecule has 0 saturated carbocycles. The van der Waals surface area contributed by atoms with Crippen molar-refractivity contribution in [3.8, 4) is 17.0 Å². The van der Waals surface area contributed by atoms with Gasteiger partial charge in [-0.25, -0.2) is 0 Å². The minimum absolute atomic E-state index is 0.0673. The Morgan fingerprint density at radius 3 is 2.84 bits per heavy atom. The molecule has 0 bridgehead atoms. The van der Waals surface area contributed by atoms with Gasteiger partial charge in [0, 0.05) is 36.8 Å².